The molecule has 0 saturated heterocycles. The molecule has 24 heavy (non-hydrogen) atoms. The molecule has 1 aromatic rings. The summed E-state index contributed by atoms with van der Waals surface area (Å²) in [6.07, 6.45) is 1.64. The Morgan fingerprint density at radius 2 is 2.08 bits per heavy atom. The van der Waals surface area contributed by atoms with Crippen LogP contribution in [0, 0.1) is 0 Å². The van der Waals surface area contributed by atoms with Crippen LogP contribution in [0.2, 0.25) is 0 Å². The fraction of sp³-hybridized carbons (Fsp3) is 0.375. The van der Waals surface area contributed by atoms with Gasteiger partial charge in [-0.3, -0.25) is 4.79 Å². The van der Waals surface area contributed by atoms with E-state index in [1.165, 1.54) is 11.0 Å². The van der Waals surface area contributed by atoms with E-state index in [0.717, 1.165) is 0 Å². The minimum Gasteiger partial charge on any atom is -0.434 e. The van der Waals surface area contributed by atoms with Gasteiger partial charge in [0.25, 0.3) is 0 Å². The van der Waals surface area contributed by atoms with Gasteiger partial charge in [-0.1, -0.05) is 24.3 Å². The number of carbonyl (C=O) groups is 1. The van der Waals surface area contributed by atoms with Crippen LogP contribution >= 0.6 is 0 Å². The second-order valence-electron chi connectivity index (χ2n) is 4.96. The molecule has 1 aromatic carbocycles. The molecule has 0 aliphatic carbocycles. The number of aliphatic imine (C=N–C) groups is 1. The van der Waals surface area contributed by atoms with Crippen LogP contribution in [0.5, 0.6) is 5.75 Å². The molecule has 0 saturated carbocycles. The topological polar surface area (TPSA) is 66.0 Å². The molecule has 1 amide bonds. The predicted molar refractivity (Wildman–Crippen MR) is 89.1 cm³/mol. The molecule has 2 N–H and O–H groups in total. The second kappa shape index (κ2) is 10.2. The zero-order valence-electron chi connectivity index (χ0n) is 13.8. The van der Waals surface area contributed by atoms with Crippen LogP contribution in [-0.4, -0.2) is 50.6 Å². The van der Waals surface area contributed by atoms with Crippen molar-refractivity contribution in [2.75, 3.05) is 27.2 Å². The van der Waals surface area contributed by atoms with E-state index in [2.05, 4.69) is 26.9 Å². The molecular formula is C16H22F2N4O2. The lowest BCUT2D eigenvalue weighted by atomic mass is 10.2. The molecule has 8 heteroatoms. The van der Waals surface area contributed by atoms with Gasteiger partial charge in [-0.2, -0.15) is 8.78 Å². The molecule has 132 valence electrons. The monoisotopic (exact) mass is 340 g/mol. The van der Waals surface area contributed by atoms with Gasteiger partial charge in [0.1, 0.15) is 5.75 Å². The zero-order valence-corrected chi connectivity index (χ0v) is 13.8. The summed E-state index contributed by atoms with van der Waals surface area (Å²) in [5.41, 5.74) is 0.511. The van der Waals surface area contributed by atoms with E-state index in [-0.39, 0.29) is 24.7 Å². The number of ether oxygens (including phenoxy) is 1. The third kappa shape index (κ3) is 7.08. The highest BCUT2D eigenvalue weighted by Gasteiger charge is 2.09. The lowest BCUT2D eigenvalue weighted by Crippen LogP contribution is -2.43. The van der Waals surface area contributed by atoms with Crippen LogP contribution in [0.25, 0.3) is 0 Å². The third-order valence-corrected chi connectivity index (χ3v) is 2.92. The van der Waals surface area contributed by atoms with Crippen LogP contribution in [0.4, 0.5) is 8.78 Å². The summed E-state index contributed by atoms with van der Waals surface area (Å²) in [4.78, 5) is 17.4. The highest BCUT2D eigenvalue weighted by Crippen LogP contribution is 2.20. The molecule has 0 aromatic heterocycles. The molecule has 0 atom stereocenters. The van der Waals surface area contributed by atoms with E-state index in [1.807, 2.05) is 0 Å². The number of guanidine groups is 1. The minimum atomic E-state index is -2.90. The predicted octanol–water partition coefficient (Wildman–Crippen LogP) is 1.60. The van der Waals surface area contributed by atoms with E-state index in [0.29, 0.717) is 18.1 Å². The summed E-state index contributed by atoms with van der Waals surface area (Å²) in [6, 6.07) is 6.42. The first-order chi connectivity index (χ1) is 11.4. The van der Waals surface area contributed by atoms with Crippen molar-refractivity contribution in [1.82, 2.24) is 15.5 Å². The third-order valence-electron chi connectivity index (χ3n) is 2.92. The van der Waals surface area contributed by atoms with Gasteiger partial charge < -0.3 is 20.3 Å². The highest BCUT2D eigenvalue weighted by atomic mass is 19.3. The Labute approximate surface area is 140 Å². The largest absolute Gasteiger partial charge is 0.434 e. The molecule has 0 fully saturated rings. The zero-order chi connectivity index (χ0) is 17.9. The summed E-state index contributed by atoms with van der Waals surface area (Å²) >= 11 is 0. The number of halogens is 2. The first-order valence-corrected chi connectivity index (χ1v) is 7.30. The van der Waals surface area contributed by atoms with Crippen molar-refractivity contribution in [1.29, 1.82) is 0 Å². The normalized spacial score (nSPS) is 11.1. The van der Waals surface area contributed by atoms with Crippen LogP contribution in [0.15, 0.2) is 41.9 Å². The Hall–Kier alpha value is -2.64. The number of nitrogens with zero attached hydrogens (tertiary/aromatic N) is 2. The summed E-state index contributed by atoms with van der Waals surface area (Å²) in [5, 5.41) is 5.83. The number of hydrogen-bond donors (Lipinski definition) is 2. The number of hydrogen-bond acceptors (Lipinski definition) is 3. The van der Waals surface area contributed by atoms with Crippen LogP contribution in [0.3, 0.4) is 0 Å². The molecule has 0 aliphatic rings. The molecular weight excluding hydrogens is 318 g/mol. The van der Waals surface area contributed by atoms with Gasteiger partial charge in [0, 0.05) is 26.2 Å². The summed E-state index contributed by atoms with van der Waals surface area (Å²) in [6.45, 7) is 1.32. The SMILES string of the molecule is C=CCNC(=NCc1ccccc1OC(F)F)NCC(=O)N(C)C. The lowest BCUT2D eigenvalue weighted by molar-refractivity contribution is -0.127. The van der Waals surface area contributed by atoms with Gasteiger partial charge in [-0.15, -0.1) is 6.58 Å². The van der Waals surface area contributed by atoms with Crippen LogP contribution in [0.1, 0.15) is 5.56 Å². The van der Waals surface area contributed by atoms with E-state index < -0.39 is 6.61 Å². The first kappa shape index (κ1) is 19.4. The van der Waals surface area contributed by atoms with Gasteiger partial charge in [-0.05, 0) is 6.07 Å². The number of alkyl halides is 2. The average molecular weight is 340 g/mol. The Balaban J connectivity index is 2.79. The van der Waals surface area contributed by atoms with Gasteiger partial charge in [0.15, 0.2) is 5.96 Å². The van der Waals surface area contributed by atoms with Crippen molar-refractivity contribution < 1.29 is 18.3 Å². The smallest absolute Gasteiger partial charge is 0.387 e. The Morgan fingerprint density at radius 3 is 2.71 bits per heavy atom. The molecule has 0 bridgehead atoms. The maximum Gasteiger partial charge on any atom is 0.387 e. The molecule has 0 radical (unpaired) electrons. The number of carbonyl (C=O) groups excluding carboxylic acids is 1. The van der Waals surface area contributed by atoms with Crippen molar-refractivity contribution >= 4 is 11.9 Å². The summed E-state index contributed by atoms with van der Waals surface area (Å²) in [5.74, 6) is 0.324. The van der Waals surface area contributed by atoms with E-state index in [9.17, 15) is 13.6 Å². The van der Waals surface area contributed by atoms with E-state index in [4.69, 9.17) is 0 Å². The molecule has 0 aliphatic heterocycles. The van der Waals surface area contributed by atoms with E-state index in [1.54, 1.807) is 38.4 Å². The van der Waals surface area contributed by atoms with E-state index >= 15 is 0 Å². The number of benzene rings is 1. The standard InChI is InChI=1S/C16H22F2N4O2/c1-4-9-19-16(21-11-14(23)22(2)3)20-10-12-7-5-6-8-13(12)24-15(17)18/h4-8,15H,1,9-11H2,2-3H3,(H2,19,20,21). The van der Waals surface area contributed by atoms with Gasteiger partial charge in [-0.25, -0.2) is 4.99 Å². The van der Waals surface area contributed by atoms with Crippen molar-refractivity contribution in [3.05, 3.63) is 42.5 Å². The summed E-state index contributed by atoms with van der Waals surface area (Å²) in [7, 11) is 3.30. The van der Waals surface area contributed by atoms with Crippen molar-refractivity contribution in [2.24, 2.45) is 4.99 Å². The maximum atomic E-state index is 12.4. The minimum absolute atomic E-state index is 0.0607. The Morgan fingerprint density at radius 1 is 1.38 bits per heavy atom. The average Bonchev–Trinajstić information content (AvgIpc) is 2.54. The fourth-order valence-electron chi connectivity index (χ4n) is 1.67. The second-order valence-corrected chi connectivity index (χ2v) is 4.96. The maximum absolute atomic E-state index is 12.4. The van der Waals surface area contributed by atoms with Gasteiger partial charge in [0.05, 0.1) is 13.1 Å². The number of nitrogens with one attached hydrogen (secondary N) is 2. The number of amides is 1. The fourth-order valence-corrected chi connectivity index (χ4v) is 1.67. The van der Waals surface area contributed by atoms with Gasteiger partial charge in [0.2, 0.25) is 5.91 Å². The summed E-state index contributed by atoms with van der Waals surface area (Å²) < 4.78 is 29.3. The number of likely N-dealkylation sites (N-methyl/N-ethyl adjacent to an activating group) is 1. The Bertz CT molecular complexity index is 577. The molecule has 0 heterocycles. The molecule has 6 nitrogen and oxygen atoms in total. The molecule has 0 spiro atoms. The van der Waals surface area contributed by atoms with Crippen LogP contribution < -0.4 is 15.4 Å². The Kier molecular flexibility index (Phi) is 8.24. The van der Waals surface area contributed by atoms with Crippen LogP contribution in [-0.2, 0) is 11.3 Å². The van der Waals surface area contributed by atoms with Crippen molar-refractivity contribution in [3.8, 4) is 5.75 Å². The number of rotatable bonds is 8. The highest BCUT2D eigenvalue weighted by molar-refractivity contribution is 5.86. The quantitative estimate of drug-likeness (QED) is 0.429. The van der Waals surface area contributed by atoms with Crippen molar-refractivity contribution in [2.45, 2.75) is 13.2 Å². The first-order valence-electron chi connectivity index (χ1n) is 7.30. The lowest BCUT2D eigenvalue weighted by Gasteiger charge is -2.14. The number of para-hydroxylation sites is 1. The van der Waals surface area contributed by atoms with Crippen molar-refractivity contribution in [3.63, 3.8) is 0 Å². The molecule has 0 unspecified atom stereocenters. The van der Waals surface area contributed by atoms with Gasteiger partial charge >= 0.3 is 6.61 Å². The molecule has 1 rings (SSSR count).